The summed E-state index contributed by atoms with van der Waals surface area (Å²) >= 11 is 0. The Kier molecular flexibility index (Phi) is 4.00. The summed E-state index contributed by atoms with van der Waals surface area (Å²) in [7, 11) is 0. The summed E-state index contributed by atoms with van der Waals surface area (Å²) in [6, 6.07) is 3.40. The third-order valence-electron chi connectivity index (χ3n) is 2.34. The number of hydrogen-bond acceptors (Lipinski definition) is 3. The van der Waals surface area contributed by atoms with E-state index < -0.39 is 0 Å². The molecule has 0 aliphatic rings. The van der Waals surface area contributed by atoms with Crippen molar-refractivity contribution in [2.75, 3.05) is 5.73 Å². The van der Waals surface area contributed by atoms with Gasteiger partial charge in [0.2, 0.25) is 0 Å². The SMILES string of the molecule is C/C=C(C)\C=C(/C)C(=O)c1cccnc1N. The van der Waals surface area contributed by atoms with Gasteiger partial charge in [-0.2, -0.15) is 0 Å². The average molecular weight is 216 g/mol. The number of anilines is 1. The Hall–Kier alpha value is -1.90. The van der Waals surface area contributed by atoms with Crippen molar-refractivity contribution in [3.63, 3.8) is 0 Å². The fourth-order valence-electron chi connectivity index (χ4n) is 1.31. The lowest BCUT2D eigenvalue weighted by atomic mass is 10.0. The zero-order chi connectivity index (χ0) is 12.1. The Balaban J connectivity index is 3.04. The van der Waals surface area contributed by atoms with Crippen molar-refractivity contribution in [2.45, 2.75) is 20.8 Å². The van der Waals surface area contributed by atoms with Gasteiger partial charge in [-0.3, -0.25) is 4.79 Å². The maximum absolute atomic E-state index is 12.0. The second kappa shape index (κ2) is 5.26. The summed E-state index contributed by atoms with van der Waals surface area (Å²) in [6.45, 7) is 5.66. The lowest BCUT2D eigenvalue weighted by Gasteiger charge is -2.03. The molecule has 0 fully saturated rings. The lowest BCUT2D eigenvalue weighted by molar-refractivity contribution is 0.103. The molecule has 0 saturated heterocycles. The Morgan fingerprint density at radius 2 is 2.12 bits per heavy atom. The molecule has 0 aliphatic carbocycles. The molecule has 16 heavy (non-hydrogen) atoms. The minimum atomic E-state index is -0.0770. The third-order valence-corrected chi connectivity index (χ3v) is 2.34. The Morgan fingerprint density at radius 3 is 2.69 bits per heavy atom. The molecule has 0 unspecified atom stereocenters. The van der Waals surface area contributed by atoms with Crippen LogP contribution in [-0.2, 0) is 0 Å². The highest BCUT2D eigenvalue weighted by Gasteiger charge is 2.11. The number of pyridine rings is 1. The van der Waals surface area contributed by atoms with Gasteiger partial charge in [-0.15, -0.1) is 0 Å². The van der Waals surface area contributed by atoms with E-state index in [0.717, 1.165) is 5.57 Å². The minimum Gasteiger partial charge on any atom is -0.383 e. The van der Waals surface area contributed by atoms with Crippen LogP contribution >= 0.6 is 0 Å². The van der Waals surface area contributed by atoms with E-state index in [2.05, 4.69) is 4.98 Å². The molecule has 3 nitrogen and oxygen atoms in total. The van der Waals surface area contributed by atoms with Crippen molar-refractivity contribution in [1.82, 2.24) is 4.98 Å². The van der Waals surface area contributed by atoms with Gasteiger partial charge in [0, 0.05) is 6.20 Å². The number of rotatable bonds is 3. The fourth-order valence-corrected chi connectivity index (χ4v) is 1.31. The minimum absolute atomic E-state index is 0.0770. The van der Waals surface area contributed by atoms with Crippen LogP contribution < -0.4 is 5.73 Å². The van der Waals surface area contributed by atoms with Crippen LogP contribution in [0.5, 0.6) is 0 Å². The number of carbonyl (C=O) groups is 1. The monoisotopic (exact) mass is 216 g/mol. The van der Waals surface area contributed by atoms with E-state index in [1.807, 2.05) is 26.0 Å². The van der Waals surface area contributed by atoms with E-state index in [4.69, 9.17) is 5.73 Å². The van der Waals surface area contributed by atoms with Gasteiger partial charge in [-0.25, -0.2) is 4.98 Å². The number of Topliss-reactive ketones (excluding diaryl/α,β-unsaturated/α-hetero) is 1. The molecule has 1 aromatic rings. The van der Waals surface area contributed by atoms with E-state index in [1.165, 1.54) is 0 Å². The summed E-state index contributed by atoms with van der Waals surface area (Å²) in [5.41, 5.74) is 7.82. The normalized spacial score (nSPS) is 12.7. The van der Waals surface area contributed by atoms with Gasteiger partial charge >= 0.3 is 0 Å². The highest BCUT2D eigenvalue weighted by atomic mass is 16.1. The zero-order valence-electron chi connectivity index (χ0n) is 9.82. The molecule has 1 heterocycles. The molecule has 84 valence electrons. The Morgan fingerprint density at radius 1 is 1.44 bits per heavy atom. The maximum atomic E-state index is 12.0. The quantitative estimate of drug-likeness (QED) is 0.480. The number of allylic oxidation sites excluding steroid dienone is 4. The number of nitrogens with two attached hydrogens (primary N) is 1. The third kappa shape index (κ3) is 2.79. The standard InChI is InChI=1S/C13H16N2O/c1-4-9(2)8-10(3)12(16)11-6-5-7-15-13(11)14/h4-8H,1-3H3,(H2,14,15)/b9-4-,10-8+. The molecule has 1 rings (SSSR count). The fraction of sp³-hybridized carbons (Fsp3) is 0.231. The van der Waals surface area contributed by atoms with Crippen molar-refractivity contribution in [3.05, 3.63) is 47.2 Å². The van der Waals surface area contributed by atoms with Crippen molar-refractivity contribution in [1.29, 1.82) is 0 Å². The van der Waals surface area contributed by atoms with Gasteiger partial charge < -0.3 is 5.73 Å². The van der Waals surface area contributed by atoms with E-state index in [-0.39, 0.29) is 11.6 Å². The topological polar surface area (TPSA) is 56.0 Å². The zero-order valence-corrected chi connectivity index (χ0v) is 9.82. The predicted molar refractivity (Wildman–Crippen MR) is 66.2 cm³/mol. The van der Waals surface area contributed by atoms with Crippen LogP contribution in [-0.4, -0.2) is 10.8 Å². The predicted octanol–water partition coefficient (Wildman–Crippen LogP) is 2.76. The number of hydrogen-bond donors (Lipinski definition) is 1. The second-order valence-electron chi connectivity index (χ2n) is 3.63. The molecular weight excluding hydrogens is 200 g/mol. The molecular formula is C13H16N2O. The van der Waals surface area contributed by atoms with Crippen LogP contribution in [0.3, 0.4) is 0 Å². The number of ketones is 1. The van der Waals surface area contributed by atoms with E-state index >= 15 is 0 Å². The van der Waals surface area contributed by atoms with Gasteiger partial charge in [0.05, 0.1) is 5.56 Å². The summed E-state index contributed by atoms with van der Waals surface area (Å²) in [4.78, 5) is 15.9. The van der Waals surface area contributed by atoms with Crippen LogP contribution in [0.25, 0.3) is 0 Å². The summed E-state index contributed by atoms with van der Waals surface area (Å²) in [5, 5.41) is 0. The summed E-state index contributed by atoms with van der Waals surface area (Å²) < 4.78 is 0. The van der Waals surface area contributed by atoms with Gasteiger partial charge in [-0.1, -0.05) is 17.7 Å². The molecule has 0 radical (unpaired) electrons. The van der Waals surface area contributed by atoms with Crippen LogP contribution in [0.15, 0.2) is 41.6 Å². The first-order valence-corrected chi connectivity index (χ1v) is 5.12. The Bertz CT molecular complexity index is 459. The number of aromatic nitrogens is 1. The van der Waals surface area contributed by atoms with Crippen molar-refractivity contribution < 1.29 is 4.79 Å². The second-order valence-corrected chi connectivity index (χ2v) is 3.63. The van der Waals surface area contributed by atoms with Crippen molar-refractivity contribution >= 4 is 11.6 Å². The molecule has 1 aromatic heterocycles. The van der Waals surface area contributed by atoms with Crippen LogP contribution in [0.4, 0.5) is 5.82 Å². The summed E-state index contributed by atoms with van der Waals surface area (Å²) in [5.74, 6) is 0.199. The first-order chi connectivity index (χ1) is 7.56. The van der Waals surface area contributed by atoms with Crippen LogP contribution in [0, 0.1) is 0 Å². The number of nitrogen functional groups attached to an aromatic ring is 1. The molecule has 0 aromatic carbocycles. The number of nitrogens with zero attached hydrogens (tertiary/aromatic N) is 1. The molecule has 3 heteroatoms. The number of carbonyl (C=O) groups excluding carboxylic acids is 1. The van der Waals surface area contributed by atoms with Crippen molar-refractivity contribution in [2.24, 2.45) is 0 Å². The van der Waals surface area contributed by atoms with Gasteiger partial charge in [-0.05, 0) is 38.5 Å². The first kappa shape index (κ1) is 12.2. The highest BCUT2D eigenvalue weighted by molar-refractivity contribution is 6.11. The molecule has 0 spiro atoms. The van der Waals surface area contributed by atoms with Gasteiger partial charge in [0.1, 0.15) is 5.82 Å². The van der Waals surface area contributed by atoms with E-state index in [1.54, 1.807) is 25.3 Å². The summed E-state index contributed by atoms with van der Waals surface area (Å²) in [6.07, 6.45) is 5.36. The molecule has 2 N–H and O–H groups in total. The molecule has 0 amide bonds. The van der Waals surface area contributed by atoms with E-state index in [9.17, 15) is 4.79 Å². The van der Waals surface area contributed by atoms with Crippen LogP contribution in [0.2, 0.25) is 0 Å². The maximum Gasteiger partial charge on any atom is 0.192 e. The highest BCUT2D eigenvalue weighted by Crippen LogP contribution is 2.14. The van der Waals surface area contributed by atoms with Gasteiger partial charge in [0.25, 0.3) is 0 Å². The average Bonchev–Trinajstić information content (AvgIpc) is 2.28. The molecule has 0 bridgehead atoms. The van der Waals surface area contributed by atoms with Crippen LogP contribution in [0.1, 0.15) is 31.1 Å². The molecule has 0 saturated carbocycles. The first-order valence-electron chi connectivity index (χ1n) is 5.12. The van der Waals surface area contributed by atoms with Gasteiger partial charge in [0.15, 0.2) is 5.78 Å². The smallest absolute Gasteiger partial charge is 0.192 e. The van der Waals surface area contributed by atoms with E-state index in [0.29, 0.717) is 11.1 Å². The molecule has 0 aliphatic heterocycles. The Labute approximate surface area is 95.7 Å². The molecule has 0 atom stereocenters. The largest absolute Gasteiger partial charge is 0.383 e. The van der Waals surface area contributed by atoms with Crippen molar-refractivity contribution in [3.8, 4) is 0 Å². The lowest BCUT2D eigenvalue weighted by Crippen LogP contribution is -2.06.